The lowest BCUT2D eigenvalue weighted by atomic mass is 9.99. The van der Waals surface area contributed by atoms with Gasteiger partial charge in [-0.1, -0.05) is 0 Å². The molecule has 2 aromatic rings. The molecule has 1 N–H and O–H groups in total. The fourth-order valence-electron chi connectivity index (χ4n) is 3.47. The zero-order chi connectivity index (χ0) is 21.7. The maximum atomic E-state index is 12.7. The molecular weight excluding hydrogens is 388 g/mol. The maximum Gasteiger partial charge on any atom is 0.328 e. The summed E-state index contributed by atoms with van der Waals surface area (Å²) in [5.41, 5.74) is -0.175. The molecule has 0 radical (unpaired) electrons. The molecule has 0 bridgehead atoms. The van der Waals surface area contributed by atoms with Crippen molar-refractivity contribution < 1.29 is 14.3 Å². The van der Waals surface area contributed by atoms with Gasteiger partial charge in [-0.2, -0.15) is 5.26 Å². The monoisotopic (exact) mass is 412 g/mol. The van der Waals surface area contributed by atoms with Gasteiger partial charge in [-0.25, -0.2) is 4.79 Å². The van der Waals surface area contributed by atoms with Crippen LogP contribution >= 0.6 is 0 Å². The van der Waals surface area contributed by atoms with Crippen LogP contribution in [0.4, 0.5) is 0 Å². The fourth-order valence-corrected chi connectivity index (χ4v) is 3.47. The minimum atomic E-state index is -0.594. The van der Waals surface area contributed by atoms with E-state index in [0.29, 0.717) is 42.3 Å². The molecule has 0 aliphatic carbocycles. The molecule has 30 heavy (non-hydrogen) atoms. The third kappa shape index (κ3) is 4.89. The quantitative estimate of drug-likeness (QED) is 0.758. The molecule has 9 nitrogen and oxygen atoms in total. The van der Waals surface area contributed by atoms with Gasteiger partial charge in [0.05, 0.1) is 25.3 Å². The SMILES string of the molecule is COc1cc(C#N)ccc1OCC1CCCN(C(=O)Cn2cc(C)c(=O)[nH]c2=O)C1. The zero-order valence-electron chi connectivity index (χ0n) is 17.0. The Bertz CT molecular complexity index is 1080. The average molecular weight is 412 g/mol. The summed E-state index contributed by atoms with van der Waals surface area (Å²) < 4.78 is 12.4. The van der Waals surface area contributed by atoms with Crippen LogP contribution in [0.3, 0.4) is 0 Å². The number of amides is 1. The van der Waals surface area contributed by atoms with Crippen LogP contribution < -0.4 is 20.7 Å². The summed E-state index contributed by atoms with van der Waals surface area (Å²) in [6.07, 6.45) is 3.16. The number of nitrogens with one attached hydrogen (secondary N) is 1. The minimum Gasteiger partial charge on any atom is -0.493 e. The summed E-state index contributed by atoms with van der Waals surface area (Å²) in [6, 6.07) is 7.05. The predicted molar refractivity (Wildman–Crippen MR) is 109 cm³/mol. The van der Waals surface area contributed by atoms with Crippen molar-refractivity contribution in [3.63, 3.8) is 0 Å². The van der Waals surface area contributed by atoms with Crippen molar-refractivity contribution in [1.82, 2.24) is 14.5 Å². The van der Waals surface area contributed by atoms with E-state index in [2.05, 4.69) is 11.1 Å². The molecular formula is C21H24N4O5. The molecule has 1 aliphatic heterocycles. The largest absolute Gasteiger partial charge is 0.493 e. The molecule has 9 heteroatoms. The number of aromatic amines is 1. The summed E-state index contributed by atoms with van der Waals surface area (Å²) >= 11 is 0. The number of hydrogen-bond acceptors (Lipinski definition) is 6. The lowest BCUT2D eigenvalue weighted by molar-refractivity contribution is -0.134. The number of benzene rings is 1. The highest BCUT2D eigenvalue weighted by Gasteiger charge is 2.25. The normalized spacial score (nSPS) is 16.0. The molecule has 1 aromatic heterocycles. The standard InChI is InChI=1S/C21H24N4O5/c1-14-10-25(21(28)23-20(14)27)12-19(26)24-7-3-4-16(11-24)13-30-17-6-5-15(9-22)8-18(17)29-2/h5-6,8,10,16H,3-4,7,11-13H2,1-2H3,(H,23,27,28). The topological polar surface area (TPSA) is 117 Å². The van der Waals surface area contributed by atoms with Gasteiger partial charge in [-0.3, -0.25) is 19.1 Å². The number of ether oxygens (including phenoxy) is 2. The van der Waals surface area contributed by atoms with E-state index in [-0.39, 0.29) is 18.4 Å². The number of nitrogens with zero attached hydrogens (tertiary/aromatic N) is 3. The molecule has 1 atom stereocenters. The van der Waals surface area contributed by atoms with Crippen molar-refractivity contribution in [2.45, 2.75) is 26.3 Å². The van der Waals surface area contributed by atoms with E-state index < -0.39 is 11.2 Å². The molecule has 3 rings (SSSR count). The predicted octanol–water partition coefficient (Wildman–Crippen LogP) is 1.04. The summed E-state index contributed by atoms with van der Waals surface area (Å²) in [6.45, 7) is 3.02. The van der Waals surface area contributed by atoms with Crippen molar-refractivity contribution in [1.29, 1.82) is 5.26 Å². The van der Waals surface area contributed by atoms with Crippen LogP contribution in [-0.4, -0.2) is 47.2 Å². The Morgan fingerprint density at radius 1 is 1.33 bits per heavy atom. The van der Waals surface area contributed by atoms with Gasteiger partial charge in [0.1, 0.15) is 6.54 Å². The van der Waals surface area contributed by atoms with Crippen LogP contribution in [0.15, 0.2) is 34.0 Å². The molecule has 2 heterocycles. The fraction of sp³-hybridized carbons (Fsp3) is 0.429. The number of likely N-dealkylation sites (tertiary alicyclic amines) is 1. The highest BCUT2D eigenvalue weighted by Crippen LogP contribution is 2.29. The van der Waals surface area contributed by atoms with E-state index in [1.807, 2.05) is 0 Å². The van der Waals surface area contributed by atoms with Crippen LogP contribution in [0.5, 0.6) is 11.5 Å². The molecule has 1 amide bonds. The number of rotatable bonds is 6. The number of nitriles is 1. The lowest BCUT2D eigenvalue weighted by Crippen LogP contribution is -2.44. The van der Waals surface area contributed by atoms with Gasteiger partial charge in [0.15, 0.2) is 11.5 Å². The highest BCUT2D eigenvalue weighted by atomic mass is 16.5. The van der Waals surface area contributed by atoms with Crippen LogP contribution in [-0.2, 0) is 11.3 Å². The Kier molecular flexibility index (Phi) is 6.57. The number of hydrogen-bond donors (Lipinski definition) is 1. The number of H-pyrrole nitrogens is 1. The first-order chi connectivity index (χ1) is 14.4. The van der Waals surface area contributed by atoms with Gasteiger partial charge < -0.3 is 14.4 Å². The third-order valence-corrected chi connectivity index (χ3v) is 5.13. The third-order valence-electron chi connectivity index (χ3n) is 5.13. The first-order valence-corrected chi connectivity index (χ1v) is 9.70. The van der Waals surface area contributed by atoms with Crippen LogP contribution in [0, 0.1) is 24.2 Å². The van der Waals surface area contributed by atoms with E-state index in [1.54, 1.807) is 30.0 Å². The molecule has 0 saturated carbocycles. The minimum absolute atomic E-state index is 0.118. The van der Waals surface area contributed by atoms with Gasteiger partial charge in [-0.15, -0.1) is 0 Å². The Balaban J connectivity index is 1.61. The number of aryl methyl sites for hydroxylation is 1. The van der Waals surface area contributed by atoms with Gasteiger partial charge in [0.25, 0.3) is 5.56 Å². The lowest BCUT2D eigenvalue weighted by Gasteiger charge is -2.33. The molecule has 1 unspecified atom stereocenters. The number of methoxy groups -OCH3 is 1. The molecule has 1 aliphatic rings. The van der Waals surface area contributed by atoms with Crippen molar-refractivity contribution in [2.75, 3.05) is 26.8 Å². The number of carbonyl (C=O) groups excluding carboxylic acids is 1. The summed E-state index contributed by atoms with van der Waals surface area (Å²) in [5.74, 6) is 1.00. The maximum absolute atomic E-state index is 12.7. The van der Waals surface area contributed by atoms with E-state index in [1.165, 1.54) is 17.9 Å². The van der Waals surface area contributed by atoms with E-state index >= 15 is 0 Å². The molecule has 1 aromatic carbocycles. The highest BCUT2D eigenvalue weighted by molar-refractivity contribution is 5.76. The first kappa shape index (κ1) is 21.2. The van der Waals surface area contributed by atoms with E-state index in [0.717, 1.165) is 12.8 Å². The van der Waals surface area contributed by atoms with Crippen molar-refractivity contribution in [2.24, 2.45) is 5.92 Å². The van der Waals surface area contributed by atoms with Gasteiger partial charge >= 0.3 is 5.69 Å². The Morgan fingerprint density at radius 3 is 2.87 bits per heavy atom. The first-order valence-electron chi connectivity index (χ1n) is 9.70. The second kappa shape index (κ2) is 9.31. The average Bonchev–Trinajstić information content (AvgIpc) is 2.76. The van der Waals surface area contributed by atoms with Gasteiger partial charge in [0.2, 0.25) is 5.91 Å². The van der Waals surface area contributed by atoms with Gasteiger partial charge in [-0.05, 0) is 31.9 Å². The van der Waals surface area contributed by atoms with Crippen molar-refractivity contribution in [3.05, 3.63) is 56.4 Å². The smallest absolute Gasteiger partial charge is 0.328 e. The van der Waals surface area contributed by atoms with Gasteiger partial charge in [0, 0.05) is 36.8 Å². The summed E-state index contributed by atoms with van der Waals surface area (Å²) in [4.78, 5) is 40.0. The van der Waals surface area contributed by atoms with Crippen molar-refractivity contribution in [3.8, 4) is 17.6 Å². The van der Waals surface area contributed by atoms with Crippen molar-refractivity contribution >= 4 is 5.91 Å². The molecule has 1 fully saturated rings. The summed E-state index contributed by atoms with van der Waals surface area (Å²) in [5, 5.41) is 8.99. The van der Waals surface area contributed by atoms with E-state index in [4.69, 9.17) is 14.7 Å². The molecule has 158 valence electrons. The second-order valence-electron chi connectivity index (χ2n) is 7.34. The zero-order valence-corrected chi connectivity index (χ0v) is 17.0. The van der Waals surface area contributed by atoms with E-state index in [9.17, 15) is 14.4 Å². The number of carbonyl (C=O) groups is 1. The number of aromatic nitrogens is 2. The van der Waals surface area contributed by atoms with Crippen LogP contribution in [0.2, 0.25) is 0 Å². The number of piperidine rings is 1. The Morgan fingerprint density at radius 2 is 2.13 bits per heavy atom. The van der Waals surface area contributed by atoms with Crippen LogP contribution in [0.1, 0.15) is 24.0 Å². The molecule has 0 spiro atoms. The Hall–Kier alpha value is -3.54. The summed E-state index contributed by atoms with van der Waals surface area (Å²) in [7, 11) is 1.52. The molecule has 1 saturated heterocycles. The Labute approximate surface area is 173 Å². The second-order valence-corrected chi connectivity index (χ2v) is 7.34. The van der Waals surface area contributed by atoms with Crippen LogP contribution in [0.25, 0.3) is 0 Å².